The van der Waals surface area contributed by atoms with Crippen LogP contribution in [0.15, 0.2) is 23.1 Å². The van der Waals surface area contributed by atoms with Crippen molar-refractivity contribution in [3.63, 3.8) is 0 Å². The third kappa shape index (κ3) is 2.93. The lowest BCUT2D eigenvalue weighted by Crippen LogP contribution is -2.15. The molecule has 1 aromatic carbocycles. The molecule has 84 valence electrons. The normalized spacial score (nSPS) is 12.9. The Morgan fingerprint density at radius 1 is 1.27 bits per heavy atom. The van der Waals surface area contributed by atoms with E-state index in [9.17, 15) is 8.42 Å². The first-order valence-electron chi connectivity index (χ1n) is 4.45. The van der Waals surface area contributed by atoms with E-state index in [1.54, 1.807) is 12.1 Å². The average Bonchev–Trinajstić information content (AvgIpc) is 1.99. The van der Waals surface area contributed by atoms with Gasteiger partial charge in [0.05, 0.1) is 5.02 Å². The SMILES string of the molecule is CC(C)(C)c1ccc(S(N)(=O)=O)c(Cl)c1. The topological polar surface area (TPSA) is 60.2 Å². The first kappa shape index (κ1) is 12.5. The fraction of sp³-hybridized carbons (Fsp3) is 0.400. The quantitative estimate of drug-likeness (QED) is 0.828. The Balaban J connectivity index is 3.34. The van der Waals surface area contributed by atoms with E-state index in [4.69, 9.17) is 16.7 Å². The number of sulfonamides is 1. The highest BCUT2D eigenvalue weighted by Crippen LogP contribution is 2.28. The number of nitrogens with two attached hydrogens (primary N) is 1. The maximum Gasteiger partial charge on any atom is 0.239 e. The number of rotatable bonds is 1. The molecule has 0 aromatic heterocycles. The van der Waals surface area contributed by atoms with Crippen LogP contribution in [0.1, 0.15) is 26.3 Å². The van der Waals surface area contributed by atoms with Gasteiger partial charge >= 0.3 is 0 Å². The zero-order valence-corrected chi connectivity index (χ0v) is 10.5. The predicted octanol–water partition coefficient (Wildman–Crippen LogP) is 2.28. The second kappa shape index (κ2) is 3.77. The van der Waals surface area contributed by atoms with Crippen molar-refractivity contribution < 1.29 is 8.42 Å². The van der Waals surface area contributed by atoms with E-state index >= 15 is 0 Å². The zero-order chi connectivity index (χ0) is 11.9. The van der Waals surface area contributed by atoms with Gasteiger partial charge in [-0.15, -0.1) is 0 Å². The van der Waals surface area contributed by atoms with Gasteiger partial charge in [0.1, 0.15) is 4.90 Å². The van der Waals surface area contributed by atoms with E-state index in [2.05, 4.69) is 0 Å². The molecule has 15 heavy (non-hydrogen) atoms. The van der Waals surface area contributed by atoms with Crippen LogP contribution >= 0.6 is 11.6 Å². The molecule has 0 saturated carbocycles. The smallest absolute Gasteiger partial charge is 0.225 e. The van der Waals surface area contributed by atoms with Gasteiger partial charge in [0.2, 0.25) is 10.0 Å². The van der Waals surface area contributed by atoms with Crippen LogP contribution in [0.5, 0.6) is 0 Å². The third-order valence-electron chi connectivity index (χ3n) is 2.10. The number of hydrogen-bond acceptors (Lipinski definition) is 2. The largest absolute Gasteiger partial charge is 0.239 e. The zero-order valence-electron chi connectivity index (χ0n) is 8.91. The molecule has 0 fully saturated rings. The molecule has 0 bridgehead atoms. The summed E-state index contributed by atoms with van der Waals surface area (Å²) in [5, 5.41) is 5.18. The molecule has 0 radical (unpaired) electrons. The molecule has 0 aliphatic rings. The first-order chi connectivity index (χ1) is 6.62. The van der Waals surface area contributed by atoms with E-state index in [1.165, 1.54) is 6.07 Å². The van der Waals surface area contributed by atoms with Crippen molar-refractivity contribution in [2.45, 2.75) is 31.1 Å². The van der Waals surface area contributed by atoms with Gasteiger partial charge in [0, 0.05) is 0 Å². The van der Waals surface area contributed by atoms with Crippen LogP contribution < -0.4 is 5.14 Å². The maximum absolute atomic E-state index is 11.1. The van der Waals surface area contributed by atoms with Gasteiger partial charge in [-0.05, 0) is 23.1 Å². The van der Waals surface area contributed by atoms with Crippen molar-refractivity contribution in [2.24, 2.45) is 5.14 Å². The second-order valence-electron chi connectivity index (χ2n) is 4.44. The number of primary sulfonamides is 1. The van der Waals surface area contributed by atoms with E-state index in [-0.39, 0.29) is 15.3 Å². The standard InChI is InChI=1S/C10H14ClNO2S/c1-10(2,3)7-4-5-9(8(11)6-7)15(12,13)14/h4-6H,1-3H3,(H2,12,13,14). The minimum absolute atomic E-state index is 0.0304. The molecule has 0 unspecified atom stereocenters. The van der Waals surface area contributed by atoms with E-state index < -0.39 is 10.0 Å². The van der Waals surface area contributed by atoms with E-state index in [0.717, 1.165) is 5.56 Å². The van der Waals surface area contributed by atoms with Gasteiger partial charge < -0.3 is 0 Å². The molecule has 0 heterocycles. The minimum Gasteiger partial charge on any atom is -0.225 e. The lowest BCUT2D eigenvalue weighted by atomic mass is 9.87. The average molecular weight is 248 g/mol. The number of benzene rings is 1. The van der Waals surface area contributed by atoms with Crippen molar-refractivity contribution in [2.75, 3.05) is 0 Å². The molecule has 0 aliphatic carbocycles. The summed E-state index contributed by atoms with van der Waals surface area (Å²) in [6.45, 7) is 6.07. The van der Waals surface area contributed by atoms with Crippen LogP contribution in [-0.4, -0.2) is 8.42 Å². The Morgan fingerprint density at radius 2 is 1.80 bits per heavy atom. The molecule has 0 atom stereocenters. The monoisotopic (exact) mass is 247 g/mol. The fourth-order valence-electron chi connectivity index (χ4n) is 1.20. The Labute approximate surface area is 95.3 Å². The second-order valence-corrected chi connectivity index (χ2v) is 6.38. The molecule has 0 amide bonds. The van der Waals surface area contributed by atoms with Gasteiger partial charge in [0.25, 0.3) is 0 Å². The summed E-state index contributed by atoms with van der Waals surface area (Å²) in [6.07, 6.45) is 0. The fourth-order valence-corrected chi connectivity index (χ4v) is 2.29. The van der Waals surface area contributed by atoms with Gasteiger partial charge in [0.15, 0.2) is 0 Å². The molecule has 1 rings (SSSR count). The van der Waals surface area contributed by atoms with Gasteiger partial charge in [-0.25, -0.2) is 13.6 Å². The minimum atomic E-state index is -3.73. The van der Waals surface area contributed by atoms with Gasteiger partial charge in [-0.3, -0.25) is 0 Å². The molecular weight excluding hydrogens is 234 g/mol. The molecule has 0 aliphatic heterocycles. The molecule has 3 nitrogen and oxygen atoms in total. The summed E-state index contributed by atoms with van der Waals surface area (Å²) >= 11 is 5.86. The molecule has 1 aromatic rings. The summed E-state index contributed by atoms with van der Waals surface area (Å²) in [7, 11) is -3.73. The third-order valence-corrected chi connectivity index (χ3v) is 3.50. The molecule has 0 saturated heterocycles. The van der Waals surface area contributed by atoms with Gasteiger partial charge in [-0.1, -0.05) is 38.4 Å². The van der Waals surface area contributed by atoms with E-state index in [1.807, 2.05) is 20.8 Å². The lowest BCUT2D eigenvalue weighted by Gasteiger charge is -2.19. The summed E-state index contributed by atoms with van der Waals surface area (Å²) < 4.78 is 22.2. The van der Waals surface area contributed by atoms with Crippen molar-refractivity contribution in [1.82, 2.24) is 0 Å². The summed E-state index contributed by atoms with van der Waals surface area (Å²) in [5.74, 6) is 0. The summed E-state index contributed by atoms with van der Waals surface area (Å²) in [5.41, 5.74) is 0.903. The molecular formula is C10H14ClNO2S. The lowest BCUT2D eigenvalue weighted by molar-refractivity contribution is 0.586. The Kier molecular flexibility index (Phi) is 3.14. The van der Waals surface area contributed by atoms with Crippen LogP contribution in [0.25, 0.3) is 0 Å². The van der Waals surface area contributed by atoms with Crippen LogP contribution in [0.2, 0.25) is 5.02 Å². The van der Waals surface area contributed by atoms with Crippen molar-refractivity contribution in [3.05, 3.63) is 28.8 Å². The molecule has 2 N–H and O–H groups in total. The summed E-state index contributed by atoms with van der Waals surface area (Å²) in [6, 6.07) is 4.81. The molecule has 0 spiro atoms. The summed E-state index contributed by atoms with van der Waals surface area (Å²) in [4.78, 5) is -0.0304. The Morgan fingerprint density at radius 3 is 2.13 bits per heavy atom. The highest BCUT2D eigenvalue weighted by Gasteiger charge is 2.18. The highest BCUT2D eigenvalue weighted by atomic mass is 35.5. The highest BCUT2D eigenvalue weighted by molar-refractivity contribution is 7.89. The molecule has 5 heteroatoms. The van der Waals surface area contributed by atoms with E-state index in [0.29, 0.717) is 0 Å². The number of hydrogen-bond donors (Lipinski definition) is 1. The van der Waals surface area contributed by atoms with Crippen LogP contribution in [0, 0.1) is 0 Å². The Hall–Kier alpha value is -0.580. The maximum atomic E-state index is 11.1. The van der Waals surface area contributed by atoms with Crippen molar-refractivity contribution >= 4 is 21.6 Å². The predicted molar refractivity (Wildman–Crippen MR) is 61.5 cm³/mol. The van der Waals surface area contributed by atoms with Crippen LogP contribution in [-0.2, 0) is 15.4 Å². The van der Waals surface area contributed by atoms with Crippen molar-refractivity contribution in [1.29, 1.82) is 0 Å². The Bertz CT molecular complexity index is 475. The van der Waals surface area contributed by atoms with Crippen LogP contribution in [0.3, 0.4) is 0 Å². The number of halogens is 1. The first-order valence-corrected chi connectivity index (χ1v) is 6.37. The van der Waals surface area contributed by atoms with Crippen molar-refractivity contribution in [3.8, 4) is 0 Å². The van der Waals surface area contributed by atoms with Crippen LogP contribution in [0.4, 0.5) is 0 Å². The van der Waals surface area contributed by atoms with Gasteiger partial charge in [-0.2, -0.15) is 0 Å².